The van der Waals surface area contributed by atoms with Gasteiger partial charge in [0.05, 0.1) is 15.9 Å². The zero-order valence-corrected chi connectivity index (χ0v) is 16.2. The fourth-order valence-electron chi connectivity index (χ4n) is 3.64. The van der Waals surface area contributed by atoms with Crippen LogP contribution < -0.4 is 11.2 Å². The molecule has 0 bridgehead atoms. The number of hydrogen-bond donors (Lipinski definition) is 1. The maximum atomic E-state index is 12.7. The number of benzene rings is 1. The Balaban J connectivity index is 1.53. The summed E-state index contributed by atoms with van der Waals surface area (Å²) in [6.07, 6.45) is 3.65. The molecule has 1 aliphatic heterocycles. The number of imidazole rings is 1. The van der Waals surface area contributed by atoms with E-state index in [0.717, 1.165) is 23.9 Å². The van der Waals surface area contributed by atoms with Gasteiger partial charge in [0.1, 0.15) is 0 Å². The molecule has 9 heteroatoms. The Morgan fingerprint density at radius 2 is 1.71 bits per heavy atom. The highest BCUT2D eigenvalue weighted by molar-refractivity contribution is 7.89. The molecule has 1 aromatic carbocycles. The van der Waals surface area contributed by atoms with E-state index < -0.39 is 10.0 Å². The molecule has 1 aliphatic rings. The van der Waals surface area contributed by atoms with Crippen LogP contribution in [0, 0.1) is 0 Å². The molecule has 0 atom stereocenters. The lowest BCUT2D eigenvalue weighted by Crippen LogP contribution is -2.30. The number of fused-ring (bicyclic) bond motifs is 1. The van der Waals surface area contributed by atoms with Crippen molar-refractivity contribution in [3.63, 3.8) is 0 Å². The molecule has 0 aliphatic carbocycles. The number of aryl methyl sites for hydroxylation is 2. The molecule has 4 rings (SSSR count). The van der Waals surface area contributed by atoms with Crippen molar-refractivity contribution < 1.29 is 8.42 Å². The van der Waals surface area contributed by atoms with Gasteiger partial charge >= 0.3 is 5.69 Å². The van der Waals surface area contributed by atoms with Gasteiger partial charge in [-0.05, 0) is 37.5 Å². The standard InChI is InChI=1S/C19H22N4O4S/c24-18-9-8-15(28(26,27)22-11-3-4-12-22)14-21(18)10-5-13-23-17-7-2-1-6-16(17)20-19(23)25/h1-2,6-9,14H,3-5,10-13H2,(H,20,25). The first-order valence-electron chi connectivity index (χ1n) is 9.35. The Labute approximate surface area is 162 Å². The average molecular weight is 402 g/mol. The van der Waals surface area contributed by atoms with Gasteiger partial charge in [0, 0.05) is 38.4 Å². The molecular formula is C19H22N4O4S. The van der Waals surface area contributed by atoms with Gasteiger partial charge < -0.3 is 9.55 Å². The van der Waals surface area contributed by atoms with Gasteiger partial charge in [0.25, 0.3) is 5.56 Å². The third kappa shape index (κ3) is 3.43. The highest BCUT2D eigenvalue weighted by Crippen LogP contribution is 2.19. The van der Waals surface area contributed by atoms with Crippen molar-refractivity contribution in [3.05, 3.63) is 63.4 Å². The van der Waals surface area contributed by atoms with Crippen LogP contribution in [0.25, 0.3) is 11.0 Å². The number of H-pyrrole nitrogens is 1. The van der Waals surface area contributed by atoms with E-state index in [1.165, 1.54) is 27.2 Å². The van der Waals surface area contributed by atoms with Crippen LogP contribution in [0.5, 0.6) is 0 Å². The van der Waals surface area contributed by atoms with Crippen LogP contribution in [0.2, 0.25) is 0 Å². The van der Waals surface area contributed by atoms with E-state index in [-0.39, 0.29) is 16.1 Å². The number of sulfonamides is 1. The minimum atomic E-state index is -3.57. The fraction of sp³-hybridized carbons (Fsp3) is 0.368. The number of nitrogens with zero attached hydrogens (tertiary/aromatic N) is 3. The van der Waals surface area contributed by atoms with E-state index in [9.17, 15) is 18.0 Å². The molecule has 0 unspecified atom stereocenters. The molecule has 1 saturated heterocycles. The summed E-state index contributed by atoms with van der Waals surface area (Å²) < 4.78 is 29.9. The SMILES string of the molecule is O=c1ccc(S(=O)(=O)N2CCCC2)cn1CCCn1c(=O)[nH]c2ccccc21. The lowest BCUT2D eigenvalue weighted by molar-refractivity contribution is 0.475. The number of nitrogens with one attached hydrogen (secondary N) is 1. The minimum absolute atomic E-state index is 0.137. The minimum Gasteiger partial charge on any atom is -0.314 e. The molecule has 1 fully saturated rings. The quantitative estimate of drug-likeness (QED) is 0.673. The van der Waals surface area contributed by atoms with Crippen molar-refractivity contribution in [2.75, 3.05) is 13.1 Å². The van der Waals surface area contributed by atoms with Gasteiger partial charge in [-0.3, -0.25) is 9.36 Å². The predicted octanol–water partition coefficient (Wildman–Crippen LogP) is 1.37. The van der Waals surface area contributed by atoms with E-state index in [4.69, 9.17) is 0 Å². The molecule has 3 heterocycles. The molecule has 148 valence electrons. The summed E-state index contributed by atoms with van der Waals surface area (Å²) in [4.78, 5) is 27.2. The van der Waals surface area contributed by atoms with E-state index >= 15 is 0 Å². The lowest BCUT2D eigenvalue weighted by atomic mass is 10.3. The van der Waals surface area contributed by atoms with E-state index in [1.54, 1.807) is 4.57 Å². The smallest absolute Gasteiger partial charge is 0.314 e. The summed E-state index contributed by atoms with van der Waals surface area (Å²) >= 11 is 0. The molecule has 0 radical (unpaired) electrons. The van der Waals surface area contributed by atoms with Crippen LogP contribution in [-0.2, 0) is 23.1 Å². The highest BCUT2D eigenvalue weighted by atomic mass is 32.2. The summed E-state index contributed by atoms with van der Waals surface area (Å²) in [5, 5.41) is 0. The Bertz CT molecular complexity index is 1220. The number of aromatic nitrogens is 3. The second kappa shape index (κ2) is 7.40. The Kier molecular flexibility index (Phi) is 4.94. The second-order valence-electron chi connectivity index (χ2n) is 6.96. The largest absolute Gasteiger partial charge is 0.326 e. The van der Waals surface area contributed by atoms with Gasteiger partial charge in [-0.1, -0.05) is 12.1 Å². The fourth-order valence-corrected chi connectivity index (χ4v) is 5.18. The monoisotopic (exact) mass is 402 g/mol. The lowest BCUT2D eigenvalue weighted by Gasteiger charge is -2.16. The number of pyridine rings is 1. The first kappa shape index (κ1) is 18.7. The van der Waals surface area contributed by atoms with E-state index in [2.05, 4.69) is 4.98 Å². The third-order valence-corrected chi connectivity index (χ3v) is 7.00. The molecular weight excluding hydrogens is 380 g/mol. The number of para-hydroxylation sites is 2. The first-order chi connectivity index (χ1) is 13.5. The number of hydrogen-bond acceptors (Lipinski definition) is 4. The molecule has 1 N–H and O–H groups in total. The van der Waals surface area contributed by atoms with Crippen molar-refractivity contribution >= 4 is 21.1 Å². The van der Waals surface area contributed by atoms with Gasteiger partial charge in [0.2, 0.25) is 10.0 Å². The van der Waals surface area contributed by atoms with E-state index in [1.807, 2.05) is 24.3 Å². The molecule has 0 spiro atoms. The van der Waals surface area contributed by atoms with Crippen molar-refractivity contribution in [1.29, 1.82) is 0 Å². The summed E-state index contributed by atoms with van der Waals surface area (Å²) in [6.45, 7) is 1.79. The maximum Gasteiger partial charge on any atom is 0.326 e. The van der Waals surface area contributed by atoms with Crippen LogP contribution in [0.4, 0.5) is 0 Å². The van der Waals surface area contributed by atoms with Gasteiger partial charge in [-0.25, -0.2) is 13.2 Å². The molecule has 8 nitrogen and oxygen atoms in total. The Morgan fingerprint density at radius 1 is 0.964 bits per heavy atom. The van der Waals surface area contributed by atoms with Crippen molar-refractivity contribution in [2.45, 2.75) is 37.2 Å². The van der Waals surface area contributed by atoms with E-state index in [0.29, 0.717) is 32.6 Å². The first-order valence-corrected chi connectivity index (χ1v) is 10.8. The van der Waals surface area contributed by atoms with Crippen LogP contribution in [0.15, 0.2) is 57.1 Å². The van der Waals surface area contributed by atoms with Crippen molar-refractivity contribution in [3.8, 4) is 0 Å². The van der Waals surface area contributed by atoms with Crippen LogP contribution >= 0.6 is 0 Å². The van der Waals surface area contributed by atoms with Gasteiger partial charge in [-0.2, -0.15) is 4.31 Å². The zero-order chi connectivity index (χ0) is 19.7. The average Bonchev–Trinajstić information content (AvgIpc) is 3.32. The van der Waals surface area contributed by atoms with Crippen molar-refractivity contribution in [2.24, 2.45) is 0 Å². The second-order valence-corrected chi connectivity index (χ2v) is 8.90. The summed E-state index contributed by atoms with van der Waals surface area (Å²) in [7, 11) is -3.57. The third-order valence-electron chi connectivity index (χ3n) is 5.12. The molecule has 3 aromatic rings. The summed E-state index contributed by atoms with van der Waals surface area (Å²) in [6, 6.07) is 10.1. The molecule has 0 amide bonds. The maximum absolute atomic E-state index is 12.7. The van der Waals surface area contributed by atoms with Gasteiger partial charge in [0.15, 0.2) is 0 Å². The van der Waals surface area contributed by atoms with Crippen molar-refractivity contribution in [1.82, 2.24) is 18.4 Å². The molecule has 28 heavy (non-hydrogen) atoms. The number of aromatic amines is 1. The topological polar surface area (TPSA) is 97.2 Å². The van der Waals surface area contributed by atoms with Crippen LogP contribution in [0.3, 0.4) is 0 Å². The predicted molar refractivity (Wildman–Crippen MR) is 106 cm³/mol. The summed E-state index contributed by atoms with van der Waals surface area (Å²) in [5.41, 5.74) is 1.12. The van der Waals surface area contributed by atoms with Crippen LogP contribution in [-0.4, -0.2) is 39.9 Å². The Morgan fingerprint density at radius 3 is 2.50 bits per heavy atom. The Hall–Kier alpha value is -2.65. The van der Waals surface area contributed by atoms with Crippen LogP contribution in [0.1, 0.15) is 19.3 Å². The normalized spacial score (nSPS) is 15.4. The summed E-state index contributed by atoms with van der Waals surface area (Å²) in [5.74, 6) is 0. The highest BCUT2D eigenvalue weighted by Gasteiger charge is 2.27. The molecule has 2 aromatic heterocycles. The molecule has 0 saturated carbocycles. The van der Waals surface area contributed by atoms with Gasteiger partial charge in [-0.15, -0.1) is 0 Å². The zero-order valence-electron chi connectivity index (χ0n) is 15.4. The number of rotatable bonds is 6.